The smallest absolute Gasteiger partial charge is 0.244 e. The van der Waals surface area contributed by atoms with Crippen LogP contribution in [0.5, 0.6) is 0 Å². The number of benzene rings is 1. The van der Waals surface area contributed by atoms with Gasteiger partial charge in [0.25, 0.3) is 0 Å². The average Bonchev–Trinajstić information content (AvgIpc) is 2.66. The molecule has 1 aromatic heterocycles. The van der Waals surface area contributed by atoms with E-state index in [1.807, 2.05) is 6.07 Å². The van der Waals surface area contributed by atoms with Gasteiger partial charge in [-0.3, -0.25) is 0 Å². The second-order valence-corrected chi connectivity index (χ2v) is 3.90. The Bertz CT molecular complexity index is 654. The van der Waals surface area contributed by atoms with Gasteiger partial charge >= 0.3 is 5.69 Å². The lowest BCUT2D eigenvalue weighted by molar-refractivity contribution is 0.649. The van der Waals surface area contributed by atoms with Crippen molar-refractivity contribution in [3.63, 3.8) is 0 Å². The lowest BCUT2D eigenvalue weighted by Gasteiger charge is -2.00. The van der Waals surface area contributed by atoms with Gasteiger partial charge in [-0.25, -0.2) is 4.79 Å². The van der Waals surface area contributed by atoms with E-state index >= 15 is 0 Å². The van der Waals surface area contributed by atoms with Gasteiger partial charge in [-0.2, -0.15) is 14.6 Å². The fourth-order valence-electron chi connectivity index (χ4n) is 1.22. The van der Waals surface area contributed by atoms with Crippen molar-refractivity contribution in [3.8, 4) is 11.8 Å². The first-order valence-electron chi connectivity index (χ1n) is 4.48. The molecule has 17 heavy (non-hydrogen) atoms. The predicted octanol–water partition coefficient (Wildman–Crippen LogP) is 1.26. The highest BCUT2D eigenvalue weighted by molar-refractivity contribution is 6.42. The van der Waals surface area contributed by atoms with Crippen LogP contribution in [0.2, 0.25) is 10.0 Å². The van der Waals surface area contributed by atoms with Crippen molar-refractivity contribution in [2.45, 2.75) is 6.54 Å². The van der Waals surface area contributed by atoms with Gasteiger partial charge in [0.05, 0.1) is 21.8 Å². The third kappa shape index (κ3) is 2.16. The Hall–Kier alpha value is -1.84. The Labute approximate surface area is 106 Å². The van der Waals surface area contributed by atoms with Crippen LogP contribution in [0.25, 0.3) is 5.69 Å². The Kier molecular flexibility index (Phi) is 3.13. The summed E-state index contributed by atoms with van der Waals surface area (Å²) < 4.78 is 1.99. The van der Waals surface area contributed by atoms with E-state index in [-0.39, 0.29) is 6.54 Å². The standard InChI is InChI=1S/C9H5Cl2N5O/c10-7-2-1-6(5-8(7)11)16-9(17)15(4-3-12)13-14-16/h1-2,5H,4H2. The highest BCUT2D eigenvalue weighted by Crippen LogP contribution is 2.23. The third-order valence-corrected chi connectivity index (χ3v) is 2.75. The lowest BCUT2D eigenvalue weighted by atomic mass is 10.3. The summed E-state index contributed by atoms with van der Waals surface area (Å²) in [7, 11) is 0. The van der Waals surface area contributed by atoms with Gasteiger partial charge in [0.15, 0.2) is 0 Å². The molecule has 0 spiro atoms. The summed E-state index contributed by atoms with van der Waals surface area (Å²) in [5, 5.41) is 16.4. The molecule has 2 rings (SSSR count). The van der Waals surface area contributed by atoms with Gasteiger partial charge in [-0.1, -0.05) is 23.2 Å². The minimum Gasteiger partial charge on any atom is -0.244 e. The molecule has 0 aliphatic heterocycles. The van der Waals surface area contributed by atoms with E-state index in [4.69, 9.17) is 28.5 Å². The average molecular weight is 270 g/mol. The van der Waals surface area contributed by atoms with Crippen LogP contribution in [0.15, 0.2) is 23.0 Å². The van der Waals surface area contributed by atoms with Crippen LogP contribution >= 0.6 is 23.2 Å². The summed E-state index contributed by atoms with van der Waals surface area (Å²) in [6.45, 7) is -0.153. The molecule has 0 atom stereocenters. The van der Waals surface area contributed by atoms with Gasteiger partial charge in [0.2, 0.25) is 0 Å². The molecule has 1 heterocycles. The van der Waals surface area contributed by atoms with Gasteiger partial charge < -0.3 is 0 Å². The van der Waals surface area contributed by atoms with E-state index < -0.39 is 5.69 Å². The van der Waals surface area contributed by atoms with E-state index in [0.717, 1.165) is 9.36 Å². The van der Waals surface area contributed by atoms with Crippen LogP contribution in [-0.4, -0.2) is 19.8 Å². The van der Waals surface area contributed by atoms with Crippen molar-refractivity contribution in [2.75, 3.05) is 0 Å². The number of rotatable bonds is 2. The minimum absolute atomic E-state index is 0.153. The second kappa shape index (κ2) is 4.57. The first-order valence-corrected chi connectivity index (χ1v) is 5.24. The molecule has 2 aromatic rings. The number of hydrogen-bond acceptors (Lipinski definition) is 4. The van der Waals surface area contributed by atoms with Crippen LogP contribution in [0.4, 0.5) is 0 Å². The molecule has 0 N–H and O–H groups in total. The molecule has 0 amide bonds. The summed E-state index contributed by atoms with van der Waals surface area (Å²) >= 11 is 11.6. The Morgan fingerprint density at radius 3 is 2.71 bits per heavy atom. The monoisotopic (exact) mass is 269 g/mol. The lowest BCUT2D eigenvalue weighted by Crippen LogP contribution is -2.23. The van der Waals surface area contributed by atoms with Crippen LogP contribution in [0.1, 0.15) is 0 Å². The van der Waals surface area contributed by atoms with Gasteiger partial charge in [0, 0.05) is 0 Å². The molecule has 0 saturated heterocycles. The van der Waals surface area contributed by atoms with Crippen molar-refractivity contribution in [1.82, 2.24) is 19.8 Å². The fourth-order valence-corrected chi connectivity index (χ4v) is 1.51. The van der Waals surface area contributed by atoms with E-state index in [0.29, 0.717) is 15.7 Å². The molecule has 0 bridgehead atoms. The Morgan fingerprint density at radius 1 is 1.29 bits per heavy atom. The summed E-state index contributed by atoms with van der Waals surface area (Å²) in [5.41, 5.74) is -0.0708. The molecule has 86 valence electrons. The number of halogens is 2. The van der Waals surface area contributed by atoms with Crippen molar-refractivity contribution >= 4 is 23.2 Å². The highest BCUT2D eigenvalue weighted by Gasteiger charge is 2.09. The predicted molar refractivity (Wildman–Crippen MR) is 61.3 cm³/mol. The molecule has 0 aliphatic carbocycles. The summed E-state index contributed by atoms with van der Waals surface area (Å²) in [6.07, 6.45) is 0. The third-order valence-electron chi connectivity index (χ3n) is 2.01. The van der Waals surface area contributed by atoms with E-state index in [1.165, 1.54) is 6.07 Å². The zero-order valence-electron chi connectivity index (χ0n) is 8.34. The number of tetrazole rings is 1. The molecule has 6 nitrogen and oxygen atoms in total. The van der Waals surface area contributed by atoms with Crippen LogP contribution in [-0.2, 0) is 6.54 Å². The van der Waals surface area contributed by atoms with Crippen molar-refractivity contribution in [2.24, 2.45) is 0 Å². The van der Waals surface area contributed by atoms with E-state index in [1.54, 1.807) is 12.1 Å². The van der Waals surface area contributed by atoms with E-state index in [2.05, 4.69) is 10.4 Å². The number of nitriles is 1. The summed E-state index contributed by atoms with van der Waals surface area (Å²) in [5.74, 6) is 0. The van der Waals surface area contributed by atoms with Gasteiger partial charge in [-0.15, -0.1) is 0 Å². The van der Waals surface area contributed by atoms with E-state index in [9.17, 15) is 4.79 Å². The Morgan fingerprint density at radius 2 is 2.06 bits per heavy atom. The maximum atomic E-state index is 11.7. The molecular weight excluding hydrogens is 265 g/mol. The molecular formula is C9H5Cl2N5O. The molecule has 1 aromatic carbocycles. The maximum absolute atomic E-state index is 11.7. The first kappa shape index (κ1) is 11.6. The number of hydrogen-bond donors (Lipinski definition) is 0. The number of nitrogens with zero attached hydrogens (tertiary/aromatic N) is 5. The highest BCUT2D eigenvalue weighted by atomic mass is 35.5. The molecule has 0 aliphatic rings. The van der Waals surface area contributed by atoms with Crippen LogP contribution in [0, 0.1) is 11.3 Å². The summed E-state index contributed by atoms with van der Waals surface area (Å²) in [6, 6.07) is 6.44. The largest absolute Gasteiger partial charge is 0.369 e. The maximum Gasteiger partial charge on any atom is 0.369 e. The zero-order valence-corrected chi connectivity index (χ0v) is 9.85. The molecule has 0 fully saturated rings. The minimum atomic E-state index is -0.509. The van der Waals surface area contributed by atoms with Crippen molar-refractivity contribution < 1.29 is 0 Å². The fraction of sp³-hybridized carbons (Fsp3) is 0.111. The molecule has 0 unspecified atom stereocenters. The molecule has 0 radical (unpaired) electrons. The summed E-state index contributed by atoms with van der Waals surface area (Å²) in [4.78, 5) is 11.7. The Balaban J connectivity index is 2.51. The molecule has 8 heteroatoms. The number of aromatic nitrogens is 4. The molecule has 0 saturated carbocycles. The van der Waals surface area contributed by atoms with Gasteiger partial charge in [-0.05, 0) is 28.6 Å². The van der Waals surface area contributed by atoms with Crippen LogP contribution < -0.4 is 5.69 Å². The first-order chi connectivity index (χ1) is 8.13. The van der Waals surface area contributed by atoms with Gasteiger partial charge in [0.1, 0.15) is 6.54 Å². The quantitative estimate of drug-likeness (QED) is 0.823. The van der Waals surface area contributed by atoms with Crippen LogP contribution in [0.3, 0.4) is 0 Å². The zero-order chi connectivity index (χ0) is 12.4. The topological polar surface area (TPSA) is 76.5 Å². The normalized spacial score (nSPS) is 10.2. The SMILES string of the molecule is N#CCn1nnn(-c2ccc(Cl)c(Cl)c2)c1=O. The van der Waals surface area contributed by atoms with Crippen molar-refractivity contribution in [1.29, 1.82) is 5.26 Å². The second-order valence-electron chi connectivity index (χ2n) is 3.09. The van der Waals surface area contributed by atoms with Crippen molar-refractivity contribution in [3.05, 3.63) is 38.7 Å².